The molecule has 1 aromatic heterocycles. The molecule has 1 amide bonds. The van der Waals surface area contributed by atoms with Crippen LogP contribution in [-0.2, 0) is 0 Å². The molecule has 0 aliphatic heterocycles. The molecule has 0 bridgehead atoms. The molecule has 1 unspecified atom stereocenters. The summed E-state index contributed by atoms with van der Waals surface area (Å²) in [5.74, 6) is 0.904. The van der Waals surface area contributed by atoms with Crippen LogP contribution in [-0.4, -0.2) is 22.4 Å². The first-order valence-electron chi connectivity index (χ1n) is 7.21. The Balaban J connectivity index is 1.88. The molecule has 0 spiro atoms. The first-order valence-corrected chi connectivity index (χ1v) is 7.21. The minimum atomic E-state index is -0.127. The minimum Gasteiger partial charge on any atom is -0.351 e. The summed E-state index contributed by atoms with van der Waals surface area (Å²) in [6.07, 6.45) is 2.59. The number of hydrogen-bond donors (Lipinski definition) is 1. The molecule has 21 heavy (non-hydrogen) atoms. The Morgan fingerprint density at radius 1 is 1.24 bits per heavy atom. The van der Waals surface area contributed by atoms with Gasteiger partial charge in [-0.3, -0.25) is 4.79 Å². The SMILES string of the molecule is Cc1ncc(C)c(C(=O)NCCC(C)c2ccccc2)n1. The van der Waals surface area contributed by atoms with Gasteiger partial charge < -0.3 is 5.32 Å². The monoisotopic (exact) mass is 283 g/mol. The van der Waals surface area contributed by atoms with E-state index in [2.05, 4.69) is 34.3 Å². The highest BCUT2D eigenvalue weighted by molar-refractivity contribution is 5.93. The van der Waals surface area contributed by atoms with Crippen LogP contribution in [0.15, 0.2) is 36.5 Å². The third-order valence-electron chi connectivity index (χ3n) is 3.54. The van der Waals surface area contributed by atoms with Crippen molar-refractivity contribution in [3.05, 3.63) is 59.2 Å². The molecule has 0 aliphatic carbocycles. The van der Waals surface area contributed by atoms with Gasteiger partial charge in [-0.25, -0.2) is 9.97 Å². The highest BCUT2D eigenvalue weighted by atomic mass is 16.1. The Morgan fingerprint density at radius 3 is 2.67 bits per heavy atom. The fourth-order valence-corrected chi connectivity index (χ4v) is 2.19. The lowest BCUT2D eigenvalue weighted by Crippen LogP contribution is -2.27. The Kier molecular flexibility index (Phi) is 5.04. The second-order valence-electron chi connectivity index (χ2n) is 5.31. The number of nitrogens with one attached hydrogen (secondary N) is 1. The zero-order valence-electron chi connectivity index (χ0n) is 12.8. The van der Waals surface area contributed by atoms with Crippen LogP contribution in [0.5, 0.6) is 0 Å². The van der Waals surface area contributed by atoms with E-state index in [4.69, 9.17) is 0 Å². The molecule has 110 valence electrons. The van der Waals surface area contributed by atoms with Gasteiger partial charge in [0.05, 0.1) is 0 Å². The molecule has 0 saturated heterocycles. The van der Waals surface area contributed by atoms with E-state index in [-0.39, 0.29) is 5.91 Å². The topological polar surface area (TPSA) is 54.9 Å². The molecule has 0 radical (unpaired) electrons. The van der Waals surface area contributed by atoms with E-state index in [1.807, 2.05) is 25.1 Å². The van der Waals surface area contributed by atoms with E-state index in [9.17, 15) is 4.79 Å². The van der Waals surface area contributed by atoms with Gasteiger partial charge in [-0.15, -0.1) is 0 Å². The van der Waals surface area contributed by atoms with Crippen LogP contribution in [0.1, 0.15) is 46.7 Å². The number of carbonyl (C=O) groups is 1. The molecule has 4 nitrogen and oxygen atoms in total. The van der Waals surface area contributed by atoms with Crippen molar-refractivity contribution in [2.45, 2.75) is 33.1 Å². The molecule has 2 aromatic rings. The highest BCUT2D eigenvalue weighted by Gasteiger charge is 2.12. The fraction of sp³-hybridized carbons (Fsp3) is 0.353. The Bertz CT molecular complexity index is 611. The molecule has 1 heterocycles. The lowest BCUT2D eigenvalue weighted by atomic mass is 9.98. The number of amides is 1. The van der Waals surface area contributed by atoms with Crippen molar-refractivity contribution in [1.29, 1.82) is 0 Å². The van der Waals surface area contributed by atoms with Crippen molar-refractivity contribution in [3.8, 4) is 0 Å². The minimum absolute atomic E-state index is 0.127. The van der Waals surface area contributed by atoms with E-state index >= 15 is 0 Å². The molecule has 0 aliphatic rings. The van der Waals surface area contributed by atoms with E-state index < -0.39 is 0 Å². The maximum atomic E-state index is 12.1. The summed E-state index contributed by atoms with van der Waals surface area (Å²) in [6, 6.07) is 10.3. The lowest BCUT2D eigenvalue weighted by molar-refractivity contribution is 0.0946. The lowest BCUT2D eigenvalue weighted by Gasteiger charge is -2.12. The Hall–Kier alpha value is -2.23. The second-order valence-corrected chi connectivity index (χ2v) is 5.31. The summed E-state index contributed by atoms with van der Waals surface area (Å²) < 4.78 is 0. The third kappa shape index (κ3) is 4.12. The van der Waals surface area contributed by atoms with Crippen LogP contribution in [0, 0.1) is 13.8 Å². The van der Waals surface area contributed by atoms with Crippen molar-refractivity contribution >= 4 is 5.91 Å². The number of aromatic nitrogens is 2. The average molecular weight is 283 g/mol. The Labute approximate surface area is 125 Å². The van der Waals surface area contributed by atoms with Crippen molar-refractivity contribution in [2.24, 2.45) is 0 Å². The van der Waals surface area contributed by atoms with Crippen LogP contribution in [0.4, 0.5) is 0 Å². The summed E-state index contributed by atoms with van der Waals surface area (Å²) >= 11 is 0. The summed E-state index contributed by atoms with van der Waals surface area (Å²) in [6.45, 7) is 6.44. The molecule has 1 atom stereocenters. The summed E-state index contributed by atoms with van der Waals surface area (Å²) in [5, 5.41) is 2.94. The average Bonchev–Trinajstić information content (AvgIpc) is 2.50. The molecule has 0 fully saturated rings. The predicted octanol–water partition coefficient (Wildman–Crippen LogP) is 3.02. The van der Waals surface area contributed by atoms with Crippen LogP contribution < -0.4 is 5.32 Å². The first kappa shape index (κ1) is 15.2. The standard InChI is InChI=1S/C17H21N3O/c1-12(15-7-5-4-6-8-15)9-10-18-17(21)16-13(2)11-19-14(3)20-16/h4-8,11-12H,9-10H2,1-3H3,(H,18,21). The normalized spacial score (nSPS) is 12.0. The van der Waals surface area contributed by atoms with Gasteiger partial charge in [0.2, 0.25) is 0 Å². The maximum absolute atomic E-state index is 12.1. The molecule has 4 heteroatoms. The zero-order valence-corrected chi connectivity index (χ0v) is 12.8. The van der Waals surface area contributed by atoms with Gasteiger partial charge in [0.1, 0.15) is 11.5 Å². The Morgan fingerprint density at radius 2 is 1.95 bits per heavy atom. The summed E-state index contributed by atoms with van der Waals surface area (Å²) in [4.78, 5) is 20.4. The van der Waals surface area contributed by atoms with Crippen molar-refractivity contribution < 1.29 is 4.79 Å². The number of carbonyl (C=O) groups excluding carboxylic acids is 1. The van der Waals surface area contributed by atoms with Gasteiger partial charge in [0, 0.05) is 12.7 Å². The predicted molar refractivity (Wildman–Crippen MR) is 83.3 cm³/mol. The van der Waals surface area contributed by atoms with E-state index in [1.54, 1.807) is 13.1 Å². The van der Waals surface area contributed by atoms with Gasteiger partial charge in [-0.1, -0.05) is 37.3 Å². The fourth-order valence-electron chi connectivity index (χ4n) is 2.19. The van der Waals surface area contributed by atoms with Gasteiger partial charge in [0.25, 0.3) is 5.91 Å². The zero-order chi connectivity index (χ0) is 15.2. The summed E-state index contributed by atoms with van der Waals surface area (Å²) in [7, 11) is 0. The van der Waals surface area contributed by atoms with Crippen LogP contribution in [0.2, 0.25) is 0 Å². The van der Waals surface area contributed by atoms with Crippen molar-refractivity contribution in [2.75, 3.05) is 6.54 Å². The molecule has 0 saturated carbocycles. The smallest absolute Gasteiger partial charge is 0.270 e. The van der Waals surface area contributed by atoms with Crippen LogP contribution in [0.25, 0.3) is 0 Å². The molecule has 2 rings (SSSR count). The first-order chi connectivity index (χ1) is 10.1. The van der Waals surface area contributed by atoms with E-state index in [0.717, 1.165) is 12.0 Å². The number of benzene rings is 1. The third-order valence-corrected chi connectivity index (χ3v) is 3.54. The number of hydrogen-bond acceptors (Lipinski definition) is 3. The van der Waals surface area contributed by atoms with Gasteiger partial charge in [0.15, 0.2) is 0 Å². The maximum Gasteiger partial charge on any atom is 0.270 e. The number of nitrogens with zero attached hydrogens (tertiary/aromatic N) is 2. The van der Waals surface area contributed by atoms with Gasteiger partial charge in [-0.05, 0) is 37.3 Å². The van der Waals surface area contributed by atoms with Crippen molar-refractivity contribution in [1.82, 2.24) is 15.3 Å². The molecule has 1 N–H and O–H groups in total. The van der Waals surface area contributed by atoms with Crippen LogP contribution in [0.3, 0.4) is 0 Å². The number of rotatable bonds is 5. The second kappa shape index (κ2) is 6.97. The van der Waals surface area contributed by atoms with Crippen molar-refractivity contribution in [3.63, 3.8) is 0 Å². The summed E-state index contributed by atoms with van der Waals surface area (Å²) in [5.41, 5.74) is 2.56. The number of aryl methyl sites for hydroxylation is 2. The van der Waals surface area contributed by atoms with Gasteiger partial charge >= 0.3 is 0 Å². The van der Waals surface area contributed by atoms with Crippen LogP contribution >= 0.6 is 0 Å². The quantitative estimate of drug-likeness (QED) is 0.917. The van der Waals surface area contributed by atoms with E-state index in [0.29, 0.717) is 24.0 Å². The molecular weight excluding hydrogens is 262 g/mol. The van der Waals surface area contributed by atoms with Gasteiger partial charge in [-0.2, -0.15) is 0 Å². The van der Waals surface area contributed by atoms with E-state index in [1.165, 1.54) is 5.56 Å². The molecule has 1 aromatic carbocycles. The molecular formula is C17H21N3O. The largest absolute Gasteiger partial charge is 0.351 e. The highest BCUT2D eigenvalue weighted by Crippen LogP contribution is 2.17.